The molecular weight excluding hydrogens is 335 g/mol. The number of halogens is 3. The minimum atomic E-state index is -0.725. The maximum absolute atomic E-state index is 14.0. The van der Waals surface area contributed by atoms with Crippen LogP contribution in [0.3, 0.4) is 0 Å². The number of nitrogens with zero attached hydrogens (tertiary/aromatic N) is 3. The SMILES string of the molecule is CN=c1scc(-c2ccccc2F)n1N=Cc1c(F)cccc1F. The number of thiazole rings is 1. The van der Waals surface area contributed by atoms with Crippen LogP contribution in [0.4, 0.5) is 13.2 Å². The van der Waals surface area contributed by atoms with Crippen molar-refractivity contribution in [2.24, 2.45) is 10.1 Å². The lowest BCUT2D eigenvalue weighted by atomic mass is 10.1. The predicted molar refractivity (Wildman–Crippen MR) is 88.5 cm³/mol. The van der Waals surface area contributed by atoms with E-state index in [0.717, 1.165) is 18.3 Å². The Bertz CT molecular complexity index is 953. The van der Waals surface area contributed by atoms with Gasteiger partial charge in [0.15, 0.2) is 0 Å². The van der Waals surface area contributed by atoms with Crippen molar-refractivity contribution in [3.8, 4) is 11.3 Å². The summed E-state index contributed by atoms with van der Waals surface area (Å²) in [6, 6.07) is 9.78. The van der Waals surface area contributed by atoms with Crippen LogP contribution < -0.4 is 4.80 Å². The van der Waals surface area contributed by atoms with Crippen LogP contribution in [0.1, 0.15) is 5.56 Å². The highest BCUT2D eigenvalue weighted by Crippen LogP contribution is 2.23. The Kier molecular flexibility index (Phi) is 4.61. The molecule has 7 heteroatoms. The van der Waals surface area contributed by atoms with E-state index in [1.807, 2.05) is 0 Å². The Hall–Kier alpha value is -2.67. The minimum absolute atomic E-state index is 0.266. The maximum atomic E-state index is 14.0. The zero-order valence-electron chi connectivity index (χ0n) is 12.6. The van der Waals surface area contributed by atoms with Crippen molar-refractivity contribution in [2.75, 3.05) is 7.05 Å². The molecule has 0 fully saturated rings. The van der Waals surface area contributed by atoms with Gasteiger partial charge in [-0.3, -0.25) is 4.99 Å². The zero-order valence-corrected chi connectivity index (χ0v) is 13.4. The van der Waals surface area contributed by atoms with Gasteiger partial charge in [-0.2, -0.15) is 5.10 Å². The summed E-state index contributed by atoms with van der Waals surface area (Å²) in [5, 5.41) is 5.80. The van der Waals surface area contributed by atoms with Crippen LogP contribution in [-0.4, -0.2) is 17.9 Å². The number of aromatic nitrogens is 1. The molecule has 0 unspecified atom stereocenters. The quantitative estimate of drug-likeness (QED) is 0.640. The molecule has 3 nitrogen and oxygen atoms in total. The van der Waals surface area contributed by atoms with Crippen molar-refractivity contribution in [2.45, 2.75) is 0 Å². The molecule has 0 saturated carbocycles. The first-order valence-corrected chi connectivity index (χ1v) is 7.86. The minimum Gasteiger partial charge on any atom is -0.261 e. The molecule has 0 radical (unpaired) electrons. The van der Waals surface area contributed by atoms with Crippen molar-refractivity contribution >= 4 is 17.6 Å². The van der Waals surface area contributed by atoms with E-state index >= 15 is 0 Å². The zero-order chi connectivity index (χ0) is 17.1. The van der Waals surface area contributed by atoms with Crippen molar-refractivity contribution < 1.29 is 13.2 Å². The lowest BCUT2D eigenvalue weighted by Crippen LogP contribution is -2.12. The fourth-order valence-corrected chi connectivity index (χ4v) is 2.96. The second-order valence-corrected chi connectivity index (χ2v) is 5.64. The molecule has 0 aliphatic rings. The van der Waals surface area contributed by atoms with Gasteiger partial charge in [0, 0.05) is 18.0 Å². The Labute approximate surface area is 140 Å². The van der Waals surface area contributed by atoms with Crippen LogP contribution in [0.15, 0.2) is 57.9 Å². The van der Waals surface area contributed by atoms with Gasteiger partial charge in [-0.15, -0.1) is 11.3 Å². The van der Waals surface area contributed by atoms with Gasteiger partial charge in [-0.25, -0.2) is 17.8 Å². The monoisotopic (exact) mass is 347 g/mol. The first-order valence-electron chi connectivity index (χ1n) is 6.98. The van der Waals surface area contributed by atoms with Gasteiger partial charge in [0.1, 0.15) is 17.5 Å². The molecular formula is C17H12F3N3S. The summed E-state index contributed by atoms with van der Waals surface area (Å²) in [7, 11) is 1.56. The average molecular weight is 347 g/mol. The topological polar surface area (TPSA) is 29.6 Å². The number of hydrogen-bond acceptors (Lipinski definition) is 3. The fourth-order valence-electron chi connectivity index (χ4n) is 2.17. The van der Waals surface area contributed by atoms with Gasteiger partial charge in [-0.05, 0) is 24.3 Å². The third kappa shape index (κ3) is 3.03. The molecule has 1 aromatic heterocycles. The highest BCUT2D eigenvalue weighted by molar-refractivity contribution is 7.07. The highest BCUT2D eigenvalue weighted by Gasteiger charge is 2.12. The summed E-state index contributed by atoms with van der Waals surface area (Å²) in [4.78, 5) is 4.53. The Balaban J connectivity index is 2.14. The second kappa shape index (κ2) is 6.84. The smallest absolute Gasteiger partial charge is 0.205 e. The Morgan fingerprint density at radius 3 is 2.29 bits per heavy atom. The lowest BCUT2D eigenvalue weighted by Gasteiger charge is -2.05. The number of rotatable bonds is 3. The van der Waals surface area contributed by atoms with Gasteiger partial charge in [0.25, 0.3) is 0 Å². The van der Waals surface area contributed by atoms with E-state index in [2.05, 4.69) is 10.1 Å². The van der Waals surface area contributed by atoms with E-state index in [0.29, 0.717) is 16.1 Å². The molecule has 0 saturated heterocycles. The average Bonchev–Trinajstić information content (AvgIpc) is 2.97. The molecule has 0 spiro atoms. The molecule has 0 bridgehead atoms. The molecule has 0 N–H and O–H groups in total. The maximum Gasteiger partial charge on any atom is 0.205 e. The summed E-state index contributed by atoms with van der Waals surface area (Å²) < 4.78 is 42.9. The van der Waals surface area contributed by atoms with E-state index in [4.69, 9.17) is 0 Å². The van der Waals surface area contributed by atoms with Crippen LogP contribution in [0.25, 0.3) is 11.3 Å². The molecule has 2 aromatic carbocycles. The molecule has 3 rings (SSSR count). The highest BCUT2D eigenvalue weighted by atomic mass is 32.1. The van der Waals surface area contributed by atoms with Gasteiger partial charge >= 0.3 is 0 Å². The Morgan fingerprint density at radius 1 is 0.958 bits per heavy atom. The fraction of sp³-hybridized carbons (Fsp3) is 0.0588. The van der Waals surface area contributed by atoms with E-state index in [1.165, 1.54) is 28.1 Å². The molecule has 0 amide bonds. The molecule has 0 atom stereocenters. The van der Waals surface area contributed by atoms with E-state index in [-0.39, 0.29) is 5.56 Å². The molecule has 0 aliphatic carbocycles. The first kappa shape index (κ1) is 16.2. The molecule has 24 heavy (non-hydrogen) atoms. The summed E-state index contributed by atoms with van der Waals surface area (Å²) in [5.41, 5.74) is 0.513. The van der Waals surface area contributed by atoms with Gasteiger partial charge < -0.3 is 0 Å². The standard InChI is InChI=1S/C17H12F3N3S/c1-21-17-23(22-9-12-14(19)7-4-8-15(12)20)16(10-24-17)11-5-2-3-6-13(11)18/h2-10H,1H3. The van der Waals surface area contributed by atoms with Crippen molar-refractivity contribution in [1.82, 2.24) is 4.68 Å². The van der Waals surface area contributed by atoms with Crippen LogP contribution in [0.2, 0.25) is 0 Å². The number of hydrogen-bond donors (Lipinski definition) is 0. The predicted octanol–water partition coefficient (Wildman–Crippen LogP) is 4.05. The third-order valence-electron chi connectivity index (χ3n) is 3.33. The molecule has 122 valence electrons. The summed E-state index contributed by atoms with van der Waals surface area (Å²) in [6.45, 7) is 0. The van der Waals surface area contributed by atoms with Crippen molar-refractivity contribution in [3.05, 3.63) is 75.7 Å². The normalized spacial score (nSPS) is 12.2. The van der Waals surface area contributed by atoms with E-state index in [1.54, 1.807) is 30.6 Å². The third-order valence-corrected chi connectivity index (χ3v) is 4.24. The summed E-state index contributed by atoms with van der Waals surface area (Å²) >= 11 is 1.25. The molecule has 3 aromatic rings. The van der Waals surface area contributed by atoms with Crippen LogP contribution in [0.5, 0.6) is 0 Å². The van der Waals surface area contributed by atoms with Gasteiger partial charge in [0.05, 0.1) is 17.5 Å². The largest absolute Gasteiger partial charge is 0.261 e. The lowest BCUT2D eigenvalue weighted by molar-refractivity contribution is 0.579. The van der Waals surface area contributed by atoms with Crippen LogP contribution in [-0.2, 0) is 0 Å². The first-order chi connectivity index (χ1) is 11.6. The Morgan fingerprint density at radius 2 is 1.62 bits per heavy atom. The summed E-state index contributed by atoms with van der Waals surface area (Å²) in [5.74, 6) is -1.87. The van der Waals surface area contributed by atoms with Crippen molar-refractivity contribution in [1.29, 1.82) is 0 Å². The van der Waals surface area contributed by atoms with Crippen molar-refractivity contribution in [3.63, 3.8) is 0 Å². The number of benzene rings is 2. The van der Waals surface area contributed by atoms with E-state index < -0.39 is 17.5 Å². The molecule has 0 aliphatic heterocycles. The van der Waals surface area contributed by atoms with Gasteiger partial charge in [-0.1, -0.05) is 18.2 Å². The van der Waals surface area contributed by atoms with Gasteiger partial charge in [0.2, 0.25) is 4.80 Å². The van der Waals surface area contributed by atoms with E-state index in [9.17, 15) is 13.2 Å². The molecule has 1 heterocycles. The second-order valence-electron chi connectivity index (χ2n) is 4.80. The van der Waals surface area contributed by atoms with Crippen LogP contribution in [0, 0.1) is 17.5 Å². The summed E-state index contributed by atoms with van der Waals surface area (Å²) in [6.07, 6.45) is 1.07. The van der Waals surface area contributed by atoms with Crippen LogP contribution >= 0.6 is 11.3 Å².